The Morgan fingerprint density at radius 1 is 1.44 bits per heavy atom. The van der Waals surface area contributed by atoms with Crippen LogP contribution in [0.5, 0.6) is 0 Å². The smallest absolute Gasteiger partial charge is 0.324 e. The minimum atomic E-state index is -1.17. The fraction of sp³-hybridized carbons (Fsp3) is 0.417. The molecule has 0 amide bonds. The van der Waals surface area contributed by atoms with E-state index >= 15 is 0 Å². The van der Waals surface area contributed by atoms with Gasteiger partial charge in [0, 0.05) is 18.1 Å². The SMILES string of the molecule is CN(C)C(C)(Cc1ccccc1[N+](=O)[O-])C(=O)O. The Bertz CT molecular complexity index is 473. The van der Waals surface area contributed by atoms with Gasteiger partial charge >= 0.3 is 5.97 Å². The number of carbonyl (C=O) groups is 1. The first-order valence-corrected chi connectivity index (χ1v) is 5.42. The number of likely N-dealkylation sites (N-methyl/N-ethyl adjacent to an activating group) is 1. The highest BCUT2D eigenvalue weighted by molar-refractivity contribution is 5.79. The molecule has 0 saturated heterocycles. The number of nitro groups is 1. The van der Waals surface area contributed by atoms with Gasteiger partial charge in [0.15, 0.2) is 0 Å². The molecule has 0 fully saturated rings. The molecule has 18 heavy (non-hydrogen) atoms. The number of rotatable bonds is 5. The van der Waals surface area contributed by atoms with Crippen molar-refractivity contribution in [3.05, 3.63) is 39.9 Å². The Balaban J connectivity index is 3.17. The summed E-state index contributed by atoms with van der Waals surface area (Å²) in [5.74, 6) is -1.01. The Hall–Kier alpha value is -1.95. The molecule has 0 saturated carbocycles. The molecule has 1 aromatic carbocycles. The van der Waals surface area contributed by atoms with Gasteiger partial charge in [-0.15, -0.1) is 0 Å². The molecule has 1 unspecified atom stereocenters. The summed E-state index contributed by atoms with van der Waals surface area (Å²) < 4.78 is 0. The molecule has 0 spiro atoms. The predicted molar refractivity (Wildman–Crippen MR) is 66.5 cm³/mol. The third-order valence-electron chi connectivity index (χ3n) is 3.17. The number of carboxylic acid groups (broad SMARTS) is 1. The third-order valence-corrected chi connectivity index (χ3v) is 3.17. The van der Waals surface area contributed by atoms with E-state index in [9.17, 15) is 20.0 Å². The summed E-state index contributed by atoms with van der Waals surface area (Å²) in [6.45, 7) is 1.55. The lowest BCUT2D eigenvalue weighted by Gasteiger charge is -2.31. The minimum Gasteiger partial charge on any atom is -0.480 e. The van der Waals surface area contributed by atoms with Gasteiger partial charge in [0.25, 0.3) is 5.69 Å². The van der Waals surface area contributed by atoms with Gasteiger partial charge in [-0.2, -0.15) is 0 Å². The van der Waals surface area contributed by atoms with Crippen LogP contribution >= 0.6 is 0 Å². The van der Waals surface area contributed by atoms with Crippen molar-refractivity contribution in [2.75, 3.05) is 14.1 Å². The van der Waals surface area contributed by atoms with E-state index in [4.69, 9.17) is 0 Å². The van der Waals surface area contributed by atoms with E-state index in [2.05, 4.69) is 0 Å². The second-order valence-corrected chi connectivity index (χ2v) is 4.54. The van der Waals surface area contributed by atoms with Crippen LogP contribution in [0.3, 0.4) is 0 Å². The zero-order chi connectivity index (χ0) is 13.9. The fourth-order valence-electron chi connectivity index (χ4n) is 1.63. The number of nitrogens with zero attached hydrogens (tertiary/aromatic N) is 2. The van der Waals surface area contributed by atoms with Gasteiger partial charge in [-0.1, -0.05) is 18.2 Å². The van der Waals surface area contributed by atoms with Crippen LogP contribution in [0, 0.1) is 10.1 Å². The average Bonchev–Trinajstić information content (AvgIpc) is 2.28. The number of hydrogen-bond acceptors (Lipinski definition) is 4. The van der Waals surface area contributed by atoms with Crippen molar-refractivity contribution in [2.24, 2.45) is 0 Å². The van der Waals surface area contributed by atoms with Gasteiger partial charge in [0.1, 0.15) is 5.54 Å². The minimum absolute atomic E-state index is 0.0492. The number of nitro benzene ring substituents is 1. The molecular weight excluding hydrogens is 236 g/mol. The lowest BCUT2D eigenvalue weighted by molar-refractivity contribution is -0.385. The van der Waals surface area contributed by atoms with Crippen molar-refractivity contribution < 1.29 is 14.8 Å². The molecule has 6 heteroatoms. The maximum absolute atomic E-state index is 11.3. The summed E-state index contributed by atoms with van der Waals surface area (Å²) in [4.78, 5) is 23.3. The van der Waals surface area contributed by atoms with Gasteiger partial charge < -0.3 is 5.11 Å². The molecule has 6 nitrogen and oxygen atoms in total. The number of aliphatic carboxylic acids is 1. The van der Waals surface area contributed by atoms with Crippen molar-refractivity contribution in [3.63, 3.8) is 0 Å². The Morgan fingerprint density at radius 3 is 2.44 bits per heavy atom. The lowest BCUT2D eigenvalue weighted by atomic mass is 9.91. The summed E-state index contributed by atoms with van der Waals surface area (Å²) >= 11 is 0. The molecule has 1 rings (SSSR count). The zero-order valence-electron chi connectivity index (χ0n) is 10.6. The highest BCUT2D eigenvalue weighted by Gasteiger charge is 2.37. The van der Waals surface area contributed by atoms with Crippen LogP contribution in [0.2, 0.25) is 0 Å². The monoisotopic (exact) mass is 252 g/mol. The van der Waals surface area contributed by atoms with Crippen LogP contribution in [0.4, 0.5) is 5.69 Å². The average molecular weight is 252 g/mol. The first-order chi connectivity index (χ1) is 8.29. The van der Waals surface area contributed by atoms with E-state index in [1.807, 2.05) is 0 Å². The van der Waals surface area contributed by atoms with Crippen LogP contribution < -0.4 is 0 Å². The van der Waals surface area contributed by atoms with E-state index in [1.54, 1.807) is 44.1 Å². The molecule has 0 radical (unpaired) electrons. The van der Waals surface area contributed by atoms with Crippen LogP contribution in [0.15, 0.2) is 24.3 Å². The predicted octanol–water partition coefficient (Wildman–Crippen LogP) is 1.54. The molecule has 98 valence electrons. The molecule has 0 bridgehead atoms. The first kappa shape index (κ1) is 14.1. The Labute approximate surface area is 105 Å². The van der Waals surface area contributed by atoms with Crippen molar-refractivity contribution in [3.8, 4) is 0 Å². The second kappa shape index (κ2) is 5.14. The number of carboxylic acids is 1. The third kappa shape index (κ3) is 2.65. The lowest BCUT2D eigenvalue weighted by Crippen LogP contribution is -2.50. The molecular formula is C12H16N2O4. The van der Waals surface area contributed by atoms with E-state index < -0.39 is 16.4 Å². The quantitative estimate of drug-likeness (QED) is 0.634. The van der Waals surface area contributed by atoms with Gasteiger partial charge in [-0.05, 0) is 21.0 Å². The van der Waals surface area contributed by atoms with Gasteiger partial charge in [0.05, 0.1) is 4.92 Å². The first-order valence-electron chi connectivity index (χ1n) is 5.42. The van der Waals surface area contributed by atoms with Crippen molar-refractivity contribution in [1.82, 2.24) is 4.90 Å². The highest BCUT2D eigenvalue weighted by Crippen LogP contribution is 2.25. The van der Waals surface area contributed by atoms with E-state index in [0.717, 1.165) is 0 Å². The van der Waals surface area contributed by atoms with Gasteiger partial charge in [0.2, 0.25) is 0 Å². The van der Waals surface area contributed by atoms with E-state index in [0.29, 0.717) is 5.56 Å². The molecule has 0 aliphatic carbocycles. The van der Waals surface area contributed by atoms with Crippen molar-refractivity contribution in [2.45, 2.75) is 18.9 Å². The van der Waals surface area contributed by atoms with Crippen LogP contribution in [0.25, 0.3) is 0 Å². The molecule has 0 heterocycles. The molecule has 1 atom stereocenters. The molecule has 0 aliphatic heterocycles. The summed E-state index contributed by atoms with van der Waals surface area (Å²) in [6, 6.07) is 6.20. The summed E-state index contributed by atoms with van der Waals surface area (Å²) in [7, 11) is 3.28. The van der Waals surface area contributed by atoms with Crippen LogP contribution in [-0.4, -0.2) is 40.5 Å². The van der Waals surface area contributed by atoms with Crippen LogP contribution in [-0.2, 0) is 11.2 Å². The van der Waals surface area contributed by atoms with Crippen molar-refractivity contribution >= 4 is 11.7 Å². The Morgan fingerprint density at radius 2 is 2.00 bits per heavy atom. The highest BCUT2D eigenvalue weighted by atomic mass is 16.6. The summed E-state index contributed by atoms with van der Waals surface area (Å²) in [6.07, 6.45) is 0.0759. The maximum atomic E-state index is 11.3. The topological polar surface area (TPSA) is 83.7 Å². The van der Waals surface area contributed by atoms with Crippen LogP contribution in [0.1, 0.15) is 12.5 Å². The molecule has 0 aliphatic rings. The Kier molecular flexibility index (Phi) is 4.03. The van der Waals surface area contributed by atoms with Crippen molar-refractivity contribution in [1.29, 1.82) is 0 Å². The van der Waals surface area contributed by atoms with Gasteiger partial charge in [-0.25, -0.2) is 0 Å². The standard InChI is InChI=1S/C12H16N2O4/c1-12(11(15)16,13(2)3)8-9-6-4-5-7-10(9)14(17)18/h4-7H,8H2,1-3H3,(H,15,16). The van der Waals surface area contributed by atoms with Gasteiger partial charge in [-0.3, -0.25) is 19.8 Å². The number of hydrogen-bond donors (Lipinski definition) is 1. The molecule has 1 aromatic rings. The largest absolute Gasteiger partial charge is 0.480 e. The summed E-state index contributed by atoms with van der Waals surface area (Å²) in [5.41, 5.74) is -0.806. The van der Waals surface area contributed by atoms with E-state index in [1.165, 1.54) is 6.07 Å². The van der Waals surface area contributed by atoms with E-state index in [-0.39, 0.29) is 12.1 Å². The normalized spacial score (nSPS) is 14.2. The number of para-hydroxylation sites is 1. The second-order valence-electron chi connectivity index (χ2n) is 4.54. The fourth-order valence-corrected chi connectivity index (χ4v) is 1.63. The zero-order valence-corrected chi connectivity index (χ0v) is 10.6. The molecule has 1 N–H and O–H groups in total. The number of benzene rings is 1. The summed E-state index contributed by atoms with van der Waals surface area (Å²) in [5, 5.41) is 20.2. The molecule has 0 aromatic heterocycles. The maximum Gasteiger partial charge on any atom is 0.324 e.